The molecule has 2 rings (SSSR count). The normalized spacial score (nSPS) is 13.3. The molecular formula is C19H23NO3. The standard InChI is InChI=1S/C19H23NO3/c1-2-23-19(22)18(21)13-17(20)12-14-8-10-16(11-9-14)15-6-4-3-5-7-15/h3-11,17-18,21H,2,12-13,20H2,1H3/t17?,18-/m1/s1. The van der Waals surface area contributed by atoms with Crippen LogP contribution in [0.1, 0.15) is 18.9 Å². The van der Waals surface area contributed by atoms with E-state index in [0.717, 1.165) is 11.1 Å². The molecule has 3 N–H and O–H groups in total. The van der Waals surface area contributed by atoms with Crippen molar-refractivity contribution in [3.05, 3.63) is 60.2 Å². The van der Waals surface area contributed by atoms with E-state index in [-0.39, 0.29) is 19.1 Å². The molecule has 122 valence electrons. The zero-order valence-corrected chi connectivity index (χ0v) is 13.3. The molecule has 2 atom stereocenters. The van der Waals surface area contributed by atoms with E-state index in [0.29, 0.717) is 6.42 Å². The van der Waals surface area contributed by atoms with Gasteiger partial charge in [-0.25, -0.2) is 4.79 Å². The zero-order chi connectivity index (χ0) is 16.7. The van der Waals surface area contributed by atoms with Gasteiger partial charge in [-0.1, -0.05) is 54.6 Å². The summed E-state index contributed by atoms with van der Waals surface area (Å²) in [6, 6.07) is 18.0. The van der Waals surface area contributed by atoms with Crippen molar-refractivity contribution in [3.63, 3.8) is 0 Å². The van der Waals surface area contributed by atoms with Gasteiger partial charge in [-0.3, -0.25) is 0 Å². The van der Waals surface area contributed by atoms with E-state index >= 15 is 0 Å². The van der Waals surface area contributed by atoms with Crippen LogP contribution in [0.2, 0.25) is 0 Å². The number of carbonyl (C=O) groups excluding carboxylic acids is 1. The summed E-state index contributed by atoms with van der Waals surface area (Å²) in [6.45, 7) is 1.96. The largest absolute Gasteiger partial charge is 0.464 e. The van der Waals surface area contributed by atoms with Crippen molar-refractivity contribution in [2.24, 2.45) is 5.73 Å². The minimum atomic E-state index is -1.16. The minimum Gasteiger partial charge on any atom is -0.464 e. The van der Waals surface area contributed by atoms with Gasteiger partial charge in [0.15, 0.2) is 6.10 Å². The number of aliphatic hydroxyl groups excluding tert-OH is 1. The number of carbonyl (C=O) groups is 1. The van der Waals surface area contributed by atoms with Crippen LogP contribution >= 0.6 is 0 Å². The van der Waals surface area contributed by atoms with Crippen LogP contribution in [-0.4, -0.2) is 29.8 Å². The molecular weight excluding hydrogens is 290 g/mol. The second kappa shape index (κ2) is 8.46. The lowest BCUT2D eigenvalue weighted by molar-refractivity contribution is -0.153. The number of benzene rings is 2. The molecule has 0 amide bonds. The molecule has 0 aliphatic carbocycles. The average Bonchev–Trinajstić information content (AvgIpc) is 2.56. The van der Waals surface area contributed by atoms with Crippen LogP contribution in [0.3, 0.4) is 0 Å². The highest BCUT2D eigenvalue weighted by Crippen LogP contribution is 2.20. The molecule has 0 aliphatic heterocycles. The predicted molar refractivity (Wildman–Crippen MR) is 90.8 cm³/mol. The number of hydrogen-bond acceptors (Lipinski definition) is 4. The van der Waals surface area contributed by atoms with Gasteiger partial charge in [0.05, 0.1) is 6.61 Å². The summed E-state index contributed by atoms with van der Waals surface area (Å²) in [7, 11) is 0. The maximum atomic E-state index is 11.4. The maximum absolute atomic E-state index is 11.4. The Bertz CT molecular complexity index is 610. The van der Waals surface area contributed by atoms with Crippen molar-refractivity contribution in [1.29, 1.82) is 0 Å². The third kappa shape index (κ3) is 5.20. The van der Waals surface area contributed by atoms with Crippen LogP contribution < -0.4 is 5.73 Å². The molecule has 0 bridgehead atoms. The molecule has 23 heavy (non-hydrogen) atoms. The van der Waals surface area contributed by atoms with Gasteiger partial charge in [0.2, 0.25) is 0 Å². The summed E-state index contributed by atoms with van der Waals surface area (Å²) >= 11 is 0. The van der Waals surface area contributed by atoms with E-state index < -0.39 is 12.1 Å². The van der Waals surface area contributed by atoms with Crippen LogP contribution in [0.5, 0.6) is 0 Å². The predicted octanol–water partition coefficient (Wildman–Crippen LogP) is 2.54. The Morgan fingerprint density at radius 1 is 1.09 bits per heavy atom. The van der Waals surface area contributed by atoms with Crippen LogP contribution in [-0.2, 0) is 16.0 Å². The third-order valence-electron chi connectivity index (χ3n) is 3.64. The van der Waals surface area contributed by atoms with Crippen molar-refractivity contribution in [3.8, 4) is 11.1 Å². The van der Waals surface area contributed by atoms with Gasteiger partial charge in [-0.15, -0.1) is 0 Å². The second-order valence-corrected chi connectivity index (χ2v) is 5.53. The van der Waals surface area contributed by atoms with E-state index in [1.807, 2.05) is 30.3 Å². The number of hydrogen-bond donors (Lipinski definition) is 2. The van der Waals surface area contributed by atoms with Gasteiger partial charge >= 0.3 is 5.97 Å². The molecule has 0 spiro atoms. The average molecular weight is 313 g/mol. The Balaban J connectivity index is 1.92. The highest BCUT2D eigenvalue weighted by molar-refractivity contribution is 5.74. The molecule has 0 aromatic heterocycles. The molecule has 1 unspecified atom stereocenters. The van der Waals surface area contributed by atoms with E-state index in [2.05, 4.69) is 24.3 Å². The Morgan fingerprint density at radius 2 is 1.70 bits per heavy atom. The molecule has 4 heteroatoms. The number of rotatable bonds is 7. The fourth-order valence-electron chi connectivity index (χ4n) is 2.47. The van der Waals surface area contributed by atoms with Crippen LogP contribution in [0.25, 0.3) is 11.1 Å². The van der Waals surface area contributed by atoms with Gasteiger partial charge < -0.3 is 15.6 Å². The minimum absolute atomic E-state index is 0.194. The van der Waals surface area contributed by atoms with Crippen LogP contribution in [0.15, 0.2) is 54.6 Å². The van der Waals surface area contributed by atoms with Crippen molar-refractivity contribution < 1.29 is 14.6 Å². The van der Waals surface area contributed by atoms with Gasteiger partial charge in [0.25, 0.3) is 0 Å². The van der Waals surface area contributed by atoms with E-state index in [9.17, 15) is 9.90 Å². The first-order valence-electron chi connectivity index (χ1n) is 7.84. The van der Waals surface area contributed by atoms with E-state index in [1.165, 1.54) is 5.56 Å². The first-order chi connectivity index (χ1) is 11.1. The molecule has 2 aromatic rings. The smallest absolute Gasteiger partial charge is 0.335 e. The van der Waals surface area contributed by atoms with E-state index in [1.54, 1.807) is 6.92 Å². The highest BCUT2D eigenvalue weighted by atomic mass is 16.5. The van der Waals surface area contributed by atoms with Gasteiger partial charge in [-0.2, -0.15) is 0 Å². The van der Waals surface area contributed by atoms with Gasteiger partial charge in [0.1, 0.15) is 0 Å². The van der Waals surface area contributed by atoms with Crippen LogP contribution in [0, 0.1) is 0 Å². The van der Waals surface area contributed by atoms with Crippen molar-refractivity contribution in [1.82, 2.24) is 0 Å². The van der Waals surface area contributed by atoms with Crippen molar-refractivity contribution in [2.45, 2.75) is 31.9 Å². The topological polar surface area (TPSA) is 72.5 Å². The van der Waals surface area contributed by atoms with Crippen LogP contribution in [0.4, 0.5) is 0 Å². The SMILES string of the molecule is CCOC(=O)[C@H](O)CC(N)Cc1ccc(-c2ccccc2)cc1. The lowest BCUT2D eigenvalue weighted by atomic mass is 9.98. The first kappa shape index (κ1) is 17.2. The second-order valence-electron chi connectivity index (χ2n) is 5.53. The number of esters is 1. The lowest BCUT2D eigenvalue weighted by Gasteiger charge is -2.15. The molecule has 2 aromatic carbocycles. The first-order valence-corrected chi connectivity index (χ1v) is 7.84. The number of ether oxygens (including phenoxy) is 1. The highest BCUT2D eigenvalue weighted by Gasteiger charge is 2.19. The lowest BCUT2D eigenvalue weighted by Crippen LogP contribution is -2.33. The summed E-state index contributed by atoms with van der Waals surface area (Å²) in [5.41, 5.74) is 9.41. The molecule has 4 nitrogen and oxygen atoms in total. The molecule has 0 fully saturated rings. The fourth-order valence-corrected chi connectivity index (χ4v) is 2.47. The Morgan fingerprint density at radius 3 is 2.30 bits per heavy atom. The summed E-state index contributed by atoms with van der Waals surface area (Å²) in [5, 5.41) is 9.74. The molecule has 0 heterocycles. The quantitative estimate of drug-likeness (QED) is 0.771. The summed E-state index contributed by atoms with van der Waals surface area (Å²) in [6.07, 6.45) is -0.362. The third-order valence-corrected chi connectivity index (χ3v) is 3.64. The number of aliphatic hydroxyl groups is 1. The molecule has 0 aliphatic rings. The molecule has 0 saturated carbocycles. The van der Waals surface area contributed by atoms with Crippen molar-refractivity contribution >= 4 is 5.97 Å². The number of nitrogens with two attached hydrogens (primary N) is 1. The van der Waals surface area contributed by atoms with Crippen molar-refractivity contribution in [2.75, 3.05) is 6.61 Å². The summed E-state index contributed by atoms with van der Waals surface area (Å²) in [5.74, 6) is -0.609. The van der Waals surface area contributed by atoms with Gasteiger partial charge in [0, 0.05) is 6.04 Å². The molecule has 0 saturated heterocycles. The summed E-state index contributed by atoms with van der Waals surface area (Å²) < 4.78 is 4.77. The van der Waals surface area contributed by atoms with Gasteiger partial charge in [-0.05, 0) is 36.5 Å². The zero-order valence-electron chi connectivity index (χ0n) is 13.3. The monoisotopic (exact) mass is 313 g/mol. The Labute approximate surface area is 136 Å². The van der Waals surface area contributed by atoms with E-state index in [4.69, 9.17) is 10.5 Å². The maximum Gasteiger partial charge on any atom is 0.335 e. The fraction of sp³-hybridized carbons (Fsp3) is 0.316. The summed E-state index contributed by atoms with van der Waals surface area (Å²) in [4.78, 5) is 11.4. The molecule has 0 radical (unpaired) electrons. The Hall–Kier alpha value is -2.17. The Kier molecular flexibility index (Phi) is 6.32.